The van der Waals surface area contributed by atoms with Gasteiger partial charge in [-0.25, -0.2) is 0 Å². The van der Waals surface area contributed by atoms with Crippen molar-refractivity contribution in [3.8, 4) is 5.75 Å². The van der Waals surface area contributed by atoms with E-state index in [1.54, 1.807) is 24.3 Å². The van der Waals surface area contributed by atoms with Gasteiger partial charge in [-0.3, -0.25) is 9.59 Å². The molecule has 2 aromatic rings. The lowest BCUT2D eigenvalue weighted by Crippen LogP contribution is -2.31. The van der Waals surface area contributed by atoms with Gasteiger partial charge in [-0.15, -0.1) is 0 Å². The molecule has 0 saturated carbocycles. The number of nitrogens with one attached hydrogen (secondary N) is 1. The van der Waals surface area contributed by atoms with Crippen LogP contribution in [0.15, 0.2) is 54.6 Å². The average Bonchev–Trinajstić information content (AvgIpc) is 2.62. The molecule has 132 valence electrons. The van der Waals surface area contributed by atoms with Crippen molar-refractivity contribution in [3.63, 3.8) is 0 Å². The Balaban J connectivity index is 1.82. The molecule has 0 aromatic heterocycles. The lowest BCUT2D eigenvalue weighted by atomic mass is 9.99. The van der Waals surface area contributed by atoms with Gasteiger partial charge in [-0.05, 0) is 36.6 Å². The van der Waals surface area contributed by atoms with Gasteiger partial charge in [0.2, 0.25) is 5.91 Å². The summed E-state index contributed by atoms with van der Waals surface area (Å²) in [5, 5.41) is 12.1. The molecular weight excluding hydrogens is 318 g/mol. The summed E-state index contributed by atoms with van der Waals surface area (Å²) >= 11 is 0. The maximum absolute atomic E-state index is 12.0. The second-order valence-electron chi connectivity index (χ2n) is 5.68. The second kappa shape index (κ2) is 9.47. The number of rotatable bonds is 9. The van der Waals surface area contributed by atoms with Crippen LogP contribution in [-0.4, -0.2) is 30.1 Å². The van der Waals surface area contributed by atoms with E-state index in [2.05, 4.69) is 5.32 Å². The van der Waals surface area contributed by atoms with Gasteiger partial charge in [-0.2, -0.15) is 0 Å². The van der Waals surface area contributed by atoms with Gasteiger partial charge in [0.05, 0.1) is 12.5 Å². The topological polar surface area (TPSA) is 75.6 Å². The molecule has 0 saturated heterocycles. The highest BCUT2D eigenvalue weighted by Gasteiger charge is 2.20. The lowest BCUT2D eigenvalue weighted by Gasteiger charge is -2.14. The number of carbonyl (C=O) groups excluding carboxylic acids is 1. The number of carbonyl (C=O) groups is 2. The van der Waals surface area contributed by atoms with E-state index in [4.69, 9.17) is 4.74 Å². The Morgan fingerprint density at radius 2 is 1.76 bits per heavy atom. The summed E-state index contributed by atoms with van der Waals surface area (Å²) in [5.41, 5.74) is 1.72. The minimum absolute atomic E-state index is 0.0848. The smallest absolute Gasteiger partial charge is 0.312 e. The summed E-state index contributed by atoms with van der Waals surface area (Å²) in [6.45, 7) is 2.63. The minimum Gasteiger partial charge on any atom is -0.494 e. The minimum atomic E-state index is -0.946. The standard InChI is InChI=1S/C20H23NO4/c1-2-25-17-11-8-15(9-12-17)10-13-19(22)21-14-18(20(23)24)16-6-4-3-5-7-16/h3-9,11-12,18H,2,10,13-14H2,1H3,(H,21,22)(H,23,24). The predicted molar refractivity (Wildman–Crippen MR) is 95.8 cm³/mol. The molecular formula is C20H23NO4. The van der Waals surface area contributed by atoms with Crippen LogP contribution in [0.4, 0.5) is 0 Å². The van der Waals surface area contributed by atoms with Crippen LogP contribution in [-0.2, 0) is 16.0 Å². The molecule has 0 aliphatic heterocycles. The summed E-state index contributed by atoms with van der Waals surface area (Å²) in [7, 11) is 0. The molecule has 2 aromatic carbocycles. The van der Waals surface area contributed by atoms with Gasteiger partial charge >= 0.3 is 5.97 Å². The molecule has 25 heavy (non-hydrogen) atoms. The number of amides is 1. The third-order valence-corrected chi connectivity index (χ3v) is 3.88. The molecule has 0 spiro atoms. The molecule has 0 aliphatic carbocycles. The Morgan fingerprint density at radius 3 is 2.36 bits per heavy atom. The van der Waals surface area contributed by atoms with Crippen molar-refractivity contribution in [2.45, 2.75) is 25.7 Å². The zero-order valence-corrected chi connectivity index (χ0v) is 14.3. The zero-order valence-electron chi connectivity index (χ0n) is 14.3. The summed E-state index contributed by atoms with van der Waals surface area (Å²) in [6.07, 6.45) is 0.913. The second-order valence-corrected chi connectivity index (χ2v) is 5.68. The molecule has 0 radical (unpaired) electrons. The molecule has 1 atom stereocenters. The maximum Gasteiger partial charge on any atom is 0.312 e. The number of aliphatic carboxylic acids is 1. The first-order valence-electron chi connectivity index (χ1n) is 8.36. The fourth-order valence-corrected chi connectivity index (χ4v) is 2.51. The highest BCUT2D eigenvalue weighted by Crippen LogP contribution is 2.15. The SMILES string of the molecule is CCOc1ccc(CCC(=O)NCC(C(=O)O)c2ccccc2)cc1. The van der Waals surface area contributed by atoms with Crippen molar-refractivity contribution in [3.05, 3.63) is 65.7 Å². The monoisotopic (exact) mass is 341 g/mol. The Bertz CT molecular complexity index is 683. The number of hydrogen-bond donors (Lipinski definition) is 2. The number of hydrogen-bond acceptors (Lipinski definition) is 3. The van der Waals surface area contributed by atoms with Gasteiger partial charge in [-0.1, -0.05) is 42.5 Å². The first-order chi connectivity index (χ1) is 12.1. The Hall–Kier alpha value is -2.82. The third-order valence-electron chi connectivity index (χ3n) is 3.88. The Morgan fingerprint density at radius 1 is 1.08 bits per heavy atom. The van der Waals surface area contributed by atoms with Crippen molar-refractivity contribution < 1.29 is 19.4 Å². The van der Waals surface area contributed by atoms with E-state index in [0.717, 1.165) is 11.3 Å². The summed E-state index contributed by atoms with van der Waals surface area (Å²) in [4.78, 5) is 23.4. The average molecular weight is 341 g/mol. The molecule has 0 fully saturated rings. The first-order valence-corrected chi connectivity index (χ1v) is 8.36. The number of ether oxygens (including phenoxy) is 1. The van der Waals surface area contributed by atoms with E-state index in [0.29, 0.717) is 25.0 Å². The first kappa shape index (κ1) is 18.5. The van der Waals surface area contributed by atoms with Crippen molar-refractivity contribution in [1.29, 1.82) is 0 Å². The number of carboxylic acids is 1. The zero-order chi connectivity index (χ0) is 18.1. The predicted octanol–water partition coefficient (Wildman–Crippen LogP) is 3.00. The van der Waals surface area contributed by atoms with Crippen LogP contribution in [0, 0.1) is 0 Å². The van der Waals surface area contributed by atoms with Gasteiger partial charge < -0.3 is 15.2 Å². The Kier molecular flexibility index (Phi) is 7.01. The van der Waals surface area contributed by atoms with Crippen LogP contribution in [0.25, 0.3) is 0 Å². The summed E-state index contributed by atoms with van der Waals surface area (Å²) < 4.78 is 5.38. The largest absolute Gasteiger partial charge is 0.494 e. The normalized spacial score (nSPS) is 11.6. The van der Waals surface area contributed by atoms with Crippen LogP contribution in [0.5, 0.6) is 5.75 Å². The molecule has 0 bridgehead atoms. The van der Waals surface area contributed by atoms with Crippen LogP contribution < -0.4 is 10.1 Å². The number of carboxylic acid groups (broad SMARTS) is 1. The van der Waals surface area contributed by atoms with Crippen LogP contribution in [0.1, 0.15) is 30.4 Å². The molecule has 0 heterocycles. The maximum atomic E-state index is 12.0. The fraction of sp³-hybridized carbons (Fsp3) is 0.300. The molecule has 5 nitrogen and oxygen atoms in total. The number of aryl methyl sites for hydroxylation is 1. The lowest BCUT2D eigenvalue weighted by molar-refractivity contribution is -0.138. The van der Waals surface area contributed by atoms with Crippen molar-refractivity contribution in [1.82, 2.24) is 5.32 Å². The van der Waals surface area contributed by atoms with Crippen molar-refractivity contribution >= 4 is 11.9 Å². The van der Waals surface area contributed by atoms with Crippen molar-refractivity contribution in [2.75, 3.05) is 13.2 Å². The van der Waals surface area contributed by atoms with E-state index in [1.165, 1.54) is 0 Å². The molecule has 2 N–H and O–H groups in total. The third kappa shape index (κ3) is 5.95. The van der Waals surface area contributed by atoms with E-state index in [1.807, 2.05) is 37.3 Å². The quantitative estimate of drug-likeness (QED) is 0.735. The number of benzene rings is 2. The summed E-state index contributed by atoms with van der Waals surface area (Å²) in [6, 6.07) is 16.6. The van der Waals surface area contributed by atoms with Crippen molar-refractivity contribution in [2.24, 2.45) is 0 Å². The molecule has 2 rings (SSSR count). The Labute approximate surface area is 147 Å². The molecule has 5 heteroatoms. The summed E-state index contributed by atoms with van der Waals surface area (Å²) in [5.74, 6) is -1.03. The molecule has 0 aliphatic rings. The molecule has 1 amide bonds. The van der Waals surface area contributed by atoms with E-state index in [9.17, 15) is 14.7 Å². The van der Waals surface area contributed by atoms with E-state index < -0.39 is 11.9 Å². The highest BCUT2D eigenvalue weighted by molar-refractivity contribution is 5.79. The molecule has 1 unspecified atom stereocenters. The van der Waals surface area contributed by atoms with E-state index in [-0.39, 0.29) is 12.5 Å². The van der Waals surface area contributed by atoms with E-state index >= 15 is 0 Å². The highest BCUT2D eigenvalue weighted by atomic mass is 16.5. The van der Waals surface area contributed by atoms with Gasteiger partial charge in [0, 0.05) is 13.0 Å². The van der Waals surface area contributed by atoms with Gasteiger partial charge in [0.25, 0.3) is 0 Å². The van der Waals surface area contributed by atoms with Crippen LogP contribution in [0.2, 0.25) is 0 Å². The van der Waals surface area contributed by atoms with Crippen LogP contribution in [0.3, 0.4) is 0 Å². The van der Waals surface area contributed by atoms with Gasteiger partial charge in [0.15, 0.2) is 0 Å². The van der Waals surface area contributed by atoms with Gasteiger partial charge in [0.1, 0.15) is 5.75 Å². The van der Waals surface area contributed by atoms with Crippen LogP contribution >= 0.6 is 0 Å². The fourth-order valence-electron chi connectivity index (χ4n) is 2.51.